The van der Waals surface area contributed by atoms with Gasteiger partial charge in [-0.3, -0.25) is 9.48 Å². The molecule has 2 aromatic heterocycles. The van der Waals surface area contributed by atoms with Crippen LogP contribution in [0.15, 0.2) is 23.2 Å². The summed E-state index contributed by atoms with van der Waals surface area (Å²) >= 11 is 6.29. The van der Waals surface area contributed by atoms with E-state index in [-0.39, 0.29) is 11.3 Å². The minimum atomic E-state index is -4.04. The number of ether oxygens (including phenoxy) is 2. The Hall–Kier alpha value is -3.37. The number of hydrogen-bond donors (Lipinski definition) is 0. The molecule has 0 aliphatic rings. The lowest BCUT2D eigenvalue weighted by molar-refractivity contribution is -0.135. The predicted molar refractivity (Wildman–Crippen MR) is 125 cm³/mol. The first kappa shape index (κ1) is 30.2. The van der Waals surface area contributed by atoms with Gasteiger partial charge in [0.2, 0.25) is 11.7 Å². The first-order valence-electron chi connectivity index (χ1n) is 10.7. The van der Waals surface area contributed by atoms with Crippen molar-refractivity contribution >= 4 is 33.2 Å². The average Bonchev–Trinajstić information content (AvgIpc) is 3.35. The van der Waals surface area contributed by atoms with Crippen molar-refractivity contribution in [2.45, 2.75) is 37.6 Å². The zero-order chi connectivity index (χ0) is 29.4. The maximum atomic E-state index is 13.5. The zero-order valence-electron chi connectivity index (χ0n) is 20.6. The number of alkyl halides is 5. The Morgan fingerprint density at radius 3 is 2.28 bits per heavy atom. The van der Waals surface area contributed by atoms with Gasteiger partial charge in [0.15, 0.2) is 9.84 Å². The van der Waals surface area contributed by atoms with Crippen LogP contribution in [0, 0.1) is 6.92 Å². The van der Waals surface area contributed by atoms with Crippen LogP contribution >= 0.6 is 11.6 Å². The Labute approximate surface area is 223 Å². The van der Waals surface area contributed by atoms with Gasteiger partial charge in [0.25, 0.3) is 19.2 Å². The second-order valence-electron chi connectivity index (χ2n) is 8.18. The highest BCUT2D eigenvalue weighted by atomic mass is 35.5. The van der Waals surface area contributed by atoms with Crippen LogP contribution in [-0.4, -0.2) is 58.8 Å². The quantitative estimate of drug-likeness (QED) is 0.195. The molecule has 1 unspecified atom stereocenters. The molecule has 0 amide bonds. The molecular formula is C22H20ClF5N4O6S. The minimum absolute atomic E-state index is 0.00754. The molecular weight excluding hydrogens is 579 g/mol. The number of carbonyl (C=O) groups is 2. The summed E-state index contributed by atoms with van der Waals surface area (Å²) in [5.41, 5.74) is -2.62. The molecule has 0 saturated heterocycles. The lowest BCUT2D eigenvalue weighted by atomic mass is 10.0. The number of hydrogen-bond acceptors (Lipinski definition) is 8. The molecule has 0 aliphatic heterocycles. The molecule has 1 aromatic carbocycles. The fourth-order valence-electron chi connectivity index (χ4n) is 3.61. The third kappa shape index (κ3) is 6.28. The highest BCUT2D eigenvalue weighted by molar-refractivity contribution is 7.90. The lowest BCUT2D eigenvalue weighted by Crippen LogP contribution is -2.18. The van der Waals surface area contributed by atoms with E-state index < -0.39 is 85.6 Å². The van der Waals surface area contributed by atoms with Crippen LogP contribution < -0.4 is 4.74 Å². The first-order chi connectivity index (χ1) is 18.0. The summed E-state index contributed by atoms with van der Waals surface area (Å²) < 4.78 is 101. The Kier molecular flexibility index (Phi) is 8.82. The van der Waals surface area contributed by atoms with Crippen LogP contribution in [0.4, 0.5) is 22.0 Å². The van der Waals surface area contributed by atoms with Gasteiger partial charge in [-0.25, -0.2) is 39.8 Å². The number of ketones is 1. The summed E-state index contributed by atoms with van der Waals surface area (Å²) in [6.07, 6.45) is -7.93. The monoisotopic (exact) mass is 598 g/mol. The fourth-order valence-corrected chi connectivity index (χ4v) is 4.90. The third-order valence-electron chi connectivity index (χ3n) is 5.30. The molecule has 212 valence electrons. The van der Waals surface area contributed by atoms with E-state index in [1.165, 1.54) is 21.0 Å². The van der Waals surface area contributed by atoms with Gasteiger partial charge in [-0.1, -0.05) is 11.6 Å². The van der Waals surface area contributed by atoms with Crippen molar-refractivity contribution in [1.29, 1.82) is 0 Å². The summed E-state index contributed by atoms with van der Waals surface area (Å²) in [6, 6.07) is 1.96. The van der Waals surface area contributed by atoms with E-state index in [2.05, 4.69) is 14.9 Å². The molecule has 0 fully saturated rings. The summed E-state index contributed by atoms with van der Waals surface area (Å²) in [6.45, 7) is 0.331. The van der Waals surface area contributed by atoms with Crippen LogP contribution in [0.25, 0.3) is 0 Å². The van der Waals surface area contributed by atoms with E-state index >= 15 is 0 Å². The molecule has 2 heterocycles. The summed E-state index contributed by atoms with van der Waals surface area (Å²) in [5, 5.41) is 6.97. The largest absolute Gasteiger partial charge is 0.403 e. The summed E-state index contributed by atoms with van der Waals surface area (Å²) in [5.74, 6) is -2.70. The lowest BCUT2D eigenvalue weighted by Gasteiger charge is -2.15. The Morgan fingerprint density at radius 1 is 1.08 bits per heavy atom. The number of rotatable bonds is 10. The van der Waals surface area contributed by atoms with Gasteiger partial charge in [0.1, 0.15) is 16.8 Å². The fraction of sp³-hybridized carbons (Fsp3) is 0.364. The average molecular weight is 599 g/mol. The molecule has 39 heavy (non-hydrogen) atoms. The molecule has 0 N–H and O–H groups in total. The number of sulfone groups is 1. The van der Waals surface area contributed by atoms with Gasteiger partial charge in [0.05, 0.1) is 22.2 Å². The second kappa shape index (κ2) is 11.4. The molecule has 0 radical (unpaired) electrons. The summed E-state index contributed by atoms with van der Waals surface area (Å²) in [7, 11) is -1.44. The van der Waals surface area contributed by atoms with Gasteiger partial charge in [-0.2, -0.15) is 10.2 Å². The molecule has 0 bridgehead atoms. The van der Waals surface area contributed by atoms with E-state index in [1.807, 2.05) is 0 Å². The SMILES string of the molecule is Cc1nn(C)c(OC(=O)c2cn(C)nc2C(F)F)c1C(=O)c1ccc(S(C)(=O)=O)c(COC(F)C(F)F)c1Cl. The molecule has 10 nitrogen and oxygen atoms in total. The van der Waals surface area contributed by atoms with Crippen LogP contribution in [0.1, 0.15) is 49.7 Å². The van der Waals surface area contributed by atoms with Crippen LogP contribution in [0.2, 0.25) is 5.02 Å². The number of nitrogens with zero attached hydrogens (tertiary/aromatic N) is 4. The maximum absolute atomic E-state index is 13.5. The maximum Gasteiger partial charge on any atom is 0.348 e. The smallest absolute Gasteiger partial charge is 0.348 e. The highest BCUT2D eigenvalue weighted by Crippen LogP contribution is 2.34. The van der Waals surface area contributed by atoms with Crippen molar-refractivity contribution in [1.82, 2.24) is 19.6 Å². The van der Waals surface area contributed by atoms with Crippen LogP contribution in [0.5, 0.6) is 5.88 Å². The second-order valence-corrected chi connectivity index (χ2v) is 10.5. The number of halogens is 6. The van der Waals surface area contributed by atoms with Crippen molar-refractivity contribution < 1.29 is 49.4 Å². The topological polar surface area (TPSA) is 122 Å². The molecule has 1 atom stereocenters. The van der Waals surface area contributed by atoms with Crippen molar-refractivity contribution in [3.63, 3.8) is 0 Å². The Balaban J connectivity index is 2.08. The minimum Gasteiger partial charge on any atom is -0.403 e. The number of aromatic nitrogens is 4. The number of aryl methyl sites for hydroxylation is 3. The first-order valence-corrected chi connectivity index (χ1v) is 13.0. The van der Waals surface area contributed by atoms with Gasteiger partial charge in [-0.05, 0) is 19.1 Å². The van der Waals surface area contributed by atoms with Crippen LogP contribution in [-0.2, 0) is 35.3 Å². The molecule has 0 saturated carbocycles. The molecule has 0 spiro atoms. The van der Waals surface area contributed by atoms with Gasteiger partial charge in [-0.15, -0.1) is 0 Å². The zero-order valence-corrected chi connectivity index (χ0v) is 22.2. The van der Waals surface area contributed by atoms with E-state index in [4.69, 9.17) is 16.3 Å². The van der Waals surface area contributed by atoms with E-state index in [1.54, 1.807) is 0 Å². The van der Waals surface area contributed by atoms with Crippen molar-refractivity contribution in [2.75, 3.05) is 6.26 Å². The molecule has 3 aromatic rings. The van der Waals surface area contributed by atoms with Crippen molar-refractivity contribution in [2.24, 2.45) is 14.1 Å². The molecule has 0 aliphatic carbocycles. The van der Waals surface area contributed by atoms with Crippen LogP contribution in [0.3, 0.4) is 0 Å². The number of carbonyl (C=O) groups excluding carboxylic acids is 2. The van der Waals surface area contributed by atoms with E-state index in [0.29, 0.717) is 0 Å². The normalized spacial score (nSPS) is 12.8. The van der Waals surface area contributed by atoms with Gasteiger partial charge < -0.3 is 9.47 Å². The van der Waals surface area contributed by atoms with Crippen molar-refractivity contribution in [3.05, 3.63) is 57.0 Å². The Bertz CT molecular complexity index is 1540. The van der Waals surface area contributed by atoms with Crippen molar-refractivity contribution in [3.8, 4) is 5.88 Å². The Morgan fingerprint density at radius 2 is 1.72 bits per heavy atom. The van der Waals surface area contributed by atoms with E-state index in [9.17, 15) is 40.0 Å². The predicted octanol–water partition coefficient (Wildman–Crippen LogP) is 3.98. The summed E-state index contributed by atoms with van der Waals surface area (Å²) in [4.78, 5) is 25.8. The van der Waals surface area contributed by atoms with Gasteiger partial charge >= 0.3 is 5.97 Å². The number of benzene rings is 1. The highest BCUT2D eigenvalue weighted by Gasteiger charge is 2.31. The molecule has 17 heteroatoms. The number of esters is 1. The van der Waals surface area contributed by atoms with Gasteiger partial charge in [0, 0.05) is 37.7 Å². The third-order valence-corrected chi connectivity index (χ3v) is 6.91. The van der Waals surface area contributed by atoms with E-state index in [0.717, 1.165) is 33.9 Å². The molecule has 3 rings (SSSR count). The standard InChI is InChI=1S/C22H20ClF5N4O6S/c1-9-14(21(32(3)29-9)38-22(34)11-7-31(2)30-16(11)18(24)25)17(33)10-5-6-13(39(4,35)36)12(15(10)23)8-37-20(28)19(26)27/h5-7,18-20H,8H2,1-4H3.